The summed E-state index contributed by atoms with van der Waals surface area (Å²) in [7, 11) is 0. The Balaban J connectivity index is 1.26. The smallest absolute Gasteiger partial charge is 0.407 e. The van der Waals surface area contributed by atoms with E-state index in [4.69, 9.17) is 26.8 Å². The molecule has 3 aromatic rings. The second kappa shape index (κ2) is 13.5. The highest BCUT2D eigenvalue weighted by atomic mass is 35.5. The van der Waals surface area contributed by atoms with Gasteiger partial charge in [0.2, 0.25) is 5.91 Å². The number of fused-ring (bicyclic) bond motifs is 1. The number of nitrogens with one attached hydrogen (secondary N) is 2. The summed E-state index contributed by atoms with van der Waals surface area (Å²) in [5.41, 5.74) is 9.59. The van der Waals surface area contributed by atoms with Gasteiger partial charge in [-0.1, -0.05) is 29.8 Å². The van der Waals surface area contributed by atoms with E-state index < -0.39 is 42.5 Å². The maximum Gasteiger partial charge on any atom is 0.407 e. The second-order valence-electron chi connectivity index (χ2n) is 10.6. The summed E-state index contributed by atoms with van der Waals surface area (Å²) in [6.07, 6.45) is -1.76. The summed E-state index contributed by atoms with van der Waals surface area (Å²) in [6.45, 7) is -1.05. The van der Waals surface area contributed by atoms with Crippen molar-refractivity contribution >= 4 is 35.0 Å². The molecule has 9 nitrogen and oxygen atoms in total. The van der Waals surface area contributed by atoms with Crippen LogP contribution in [0.5, 0.6) is 0 Å². The van der Waals surface area contributed by atoms with E-state index in [0.717, 1.165) is 11.1 Å². The number of ether oxygens (including phenoxy) is 2. The second-order valence-corrected chi connectivity index (χ2v) is 11.0. The van der Waals surface area contributed by atoms with Crippen molar-refractivity contribution in [1.82, 2.24) is 15.6 Å². The molecule has 3 heterocycles. The molecule has 2 aromatic carbocycles. The number of morpholine rings is 1. The molecule has 2 amide bonds. The lowest BCUT2D eigenvalue weighted by Gasteiger charge is -2.39. The topological polar surface area (TPSA) is 119 Å². The van der Waals surface area contributed by atoms with E-state index in [1.165, 1.54) is 17.0 Å². The van der Waals surface area contributed by atoms with Crippen LogP contribution >= 0.6 is 11.6 Å². The van der Waals surface area contributed by atoms with Crippen LogP contribution in [-0.4, -0.2) is 67.7 Å². The van der Waals surface area contributed by atoms with E-state index in [2.05, 4.69) is 10.3 Å². The van der Waals surface area contributed by atoms with Gasteiger partial charge in [-0.25, -0.2) is 9.18 Å². The van der Waals surface area contributed by atoms with Crippen molar-refractivity contribution in [2.75, 3.05) is 31.2 Å². The number of alkyl carbamates (subject to hydrolysis) is 1. The number of nitrogens with two attached hydrogens (primary N) is 1. The van der Waals surface area contributed by atoms with Crippen molar-refractivity contribution < 1.29 is 36.6 Å². The predicted molar refractivity (Wildman–Crippen MR) is 154 cm³/mol. The highest BCUT2D eigenvalue weighted by Crippen LogP contribution is 2.44. The Morgan fingerprint density at radius 3 is 2.75 bits per heavy atom. The van der Waals surface area contributed by atoms with Gasteiger partial charge in [-0.3, -0.25) is 14.7 Å². The minimum Gasteiger partial charge on any atom is -0.448 e. The Morgan fingerprint density at radius 2 is 2.02 bits per heavy atom. The van der Waals surface area contributed by atoms with Crippen LogP contribution in [0.4, 0.5) is 33.7 Å². The fraction of sp³-hybridized carbons (Fsp3) is 0.367. The molecule has 4 atom stereocenters. The molecule has 4 N–H and O–H groups in total. The van der Waals surface area contributed by atoms with E-state index in [-0.39, 0.29) is 25.4 Å². The van der Waals surface area contributed by atoms with Gasteiger partial charge in [-0.2, -0.15) is 13.2 Å². The summed E-state index contributed by atoms with van der Waals surface area (Å²) in [5.74, 6) is -1.46. The van der Waals surface area contributed by atoms with Crippen molar-refractivity contribution in [1.29, 1.82) is 0 Å². The Kier molecular flexibility index (Phi) is 9.68. The number of halogens is 5. The van der Waals surface area contributed by atoms with Gasteiger partial charge in [-0.15, -0.1) is 0 Å². The fourth-order valence-corrected chi connectivity index (χ4v) is 5.62. The van der Waals surface area contributed by atoms with Gasteiger partial charge >= 0.3 is 12.3 Å². The van der Waals surface area contributed by atoms with Crippen LogP contribution in [0.15, 0.2) is 60.9 Å². The predicted octanol–water partition coefficient (Wildman–Crippen LogP) is 4.59. The lowest BCUT2D eigenvalue weighted by Crippen LogP contribution is -2.50. The van der Waals surface area contributed by atoms with Crippen molar-refractivity contribution in [2.45, 2.75) is 43.1 Å². The maximum atomic E-state index is 14.6. The number of benzene rings is 2. The number of aromatic nitrogens is 1. The quantitative estimate of drug-likeness (QED) is 0.310. The standard InChI is InChI=1S/C30H30ClF4N5O4/c31-19-3-1-2-18(10-19)26-23-7-5-20(32)11-24(23)40(28(41)27(26)36)25-13-37-9-8-17(25)4-6-22-12-38-21(14-43-22)15-44-29(42)39-16-30(33,34)35/h1-3,5,7-11,13,21-22,26-27,38H,4,6,12,14-16,36H2,(H,39,42)/t21-,22+,26+,27?/m0/s1. The van der Waals surface area contributed by atoms with Gasteiger partial charge in [0.05, 0.1) is 42.4 Å². The molecule has 234 valence electrons. The number of amides is 2. The maximum absolute atomic E-state index is 14.6. The molecule has 1 fully saturated rings. The van der Waals surface area contributed by atoms with Crippen molar-refractivity contribution in [3.63, 3.8) is 0 Å². The summed E-state index contributed by atoms with van der Waals surface area (Å²) < 4.78 is 62.1. The summed E-state index contributed by atoms with van der Waals surface area (Å²) in [6, 6.07) is 11.8. The molecule has 0 spiro atoms. The normalized spacial score (nSPS) is 22.0. The van der Waals surface area contributed by atoms with Crippen LogP contribution in [0.1, 0.15) is 29.0 Å². The minimum atomic E-state index is -4.53. The number of nitrogens with zero attached hydrogens (tertiary/aromatic N) is 2. The van der Waals surface area contributed by atoms with Gasteiger partial charge < -0.3 is 25.8 Å². The molecule has 1 aromatic heterocycles. The summed E-state index contributed by atoms with van der Waals surface area (Å²) >= 11 is 6.23. The van der Waals surface area contributed by atoms with Gasteiger partial charge in [0, 0.05) is 23.7 Å². The SMILES string of the molecule is NC1C(=O)N(c2cnccc2CC[C@@H]2CN[C@H](COC(=O)NCC(F)(F)F)CO2)c2cc(F)ccc2[C@H]1c1cccc(Cl)c1. The molecule has 1 unspecified atom stereocenters. The Morgan fingerprint density at radius 1 is 1.20 bits per heavy atom. The van der Waals surface area contributed by atoms with Crippen LogP contribution in [0, 0.1) is 5.82 Å². The zero-order valence-corrected chi connectivity index (χ0v) is 24.1. The zero-order valence-electron chi connectivity index (χ0n) is 23.3. The Bertz CT molecular complexity index is 1500. The van der Waals surface area contributed by atoms with Gasteiger partial charge in [0.15, 0.2) is 0 Å². The molecule has 44 heavy (non-hydrogen) atoms. The van der Waals surface area contributed by atoms with Crippen molar-refractivity contribution in [3.8, 4) is 0 Å². The first kappa shape index (κ1) is 31.6. The number of anilines is 2. The fourth-order valence-electron chi connectivity index (χ4n) is 5.42. The third-order valence-electron chi connectivity index (χ3n) is 7.52. The first-order valence-corrected chi connectivity index (χ1v) is 14.3. The number of alkyl halides is 3. The number of carbonyl (C=O) groups is 2. The van der Waals surface area contributed by atoms with E-state index >= 15 is 0 Å². The molecule has 14 heteroatoms. The molecule has 0 bridgehead atoms. The van der Waals surface area contributed by atoms with E-state index in [0.29, 0.717) is 41.3 Å². The van der Waals surface area contributed by atoms with Gasteiger partial charge in [0.25, 0.3) is 0 Å². The largest absolute Gasteiger partial charge is 0.448 e. The molecule has 2 aliphatic heterocycles. The van der Waals surface area contributed by atoms with E-state index in [1.807, 2.05) is 6.07 Å². The average molecular weight is 636 g/mol. The summed E-state index contributed by atoms with van der Waals surface area (Å²) in [4.78, 5) is 31.0. The van der Waals surface area contributed by atoms with Gasteiger partial charge in [0.1, 0.15) is 19.0 Å². The van der Waals surface area contributed by atoms with Crippen LogP contribution in [-0.2, 0) is 20.7 Å². The molecular weight excluding hydrogens is 606 g/mol. The number of hydrogen-bond acceptors (Lipinski definition) is 7. The number of aryl methyl sites for hydroxylation is 1. The molecule has 1 saturated heterocycles. The van der Waals surface area contributed by atoms with Gasteiger partial charge in [-0.05, 0) is 59.9 Å². The van der Waals surface area contributed by atoms with Crippen LogP contribution < -0.4 is 21.3 Å². The lowest BCUT2D eigenvalue weighted by molar-refractivity contribution is -0.124. The third kappa shape index (κ3) is 7.46. The van der Waals surface area contributed by atoms with Crippen LogP contribution in [0.25, 0.3) is 0 Å². The first-order valence-electron chi connectivity index (χ1n) is 13.9. The average Bonchev–Trinajstić information content (AvgIpc) is 2.99. The highest BCUT2D eigenvalue weighted by molar-refractivity contribution is 6.30. The molecule has 5 rings (SSSR count). The van der Waals surface area contributed by atoms with Crippen molar-refractivity contribution in [2.24, 2.45) is 5.73 Å². The molecule has 0 saturated carbocycles. The Labute approximate surface area is 255 Å². The lowest BCUT2D eigenvalue weighted by atomic mass is 9.80. The third-order valence-corrected chi connectivity index (χ3v) is 7.76. The minimum absolute atomic E-state index is 0.158. The van der Waals surface area contributed by atoms with Crippen LogP contribution in [0.3, 0.4) is 0 Å². The number of hydrogen-bond donors (Lipinski definition) is 3. The molecule has 0 radical (unpaired) electrons. The molecule has 2 aliphatic rings. The molecular formula is C30H30ClF4N5O4. The monoisotopic (exact) mass is 635 g/mol. The highest BCUT2D eigenvalue weighted by Gasteiger charge is 2.41. The van der Waals surface area contributed by atoms with E-state index in [9.17, 15) is 27.2 Å². The number of carbonyl (C=O) groups excluding carboxylic acids is 2. The Hall–Kier alpha value is -3.78. The van der Waals surface area contributed by atoms with Crippen molar-refractivity contribution in [3.05, 3.63) is 88.5 Å². The zero-order chi connectivity index (χ0) is 31.4. The molecule has 0 aliphatic carbocycles. The number of pyridine rings is 1. The van der Waals surface area contributed by atoms with Crippen LogP contribution in [0.2, 0.25) is 5.02 Å². The number of rotatable bonds is 8. The first-order chi connectivity index (χ1) is 21.0. The van der Waals surface area contributed by atoms with E-state index in [1.54, 1.807) is 48.0 Å². The summed E-state index contributed by atoms with van der Waals surface area (Å²) in [5, 5.41) is 5.31.